The molecule has 0 heterocycles. The fourth-order valence-corrected chi connectivity index (χ4v) is 1.22. The van der Waals surface area contributed by atoms with Gasteiger partial charge in [0.25, 0.3) is 0 Å². The van der Waals surface area contributed by atoms with Gasteiger partial charge in [-0.15, -0.1) is 0 Å². The van der Waals surface area contributed by atoms with Crippen LogP contribution in [0.4, 0.5) is 0 Å². The Bertz CT molecular complexity index is 312. The molecule has 0 spiro atoms. The van der Waals surface area contributed by atoms with Crippen molar-refractivity contribution in [2.24, 2.45) is 0 Å². The average molecular weight is 226 g/mol. The molecule has 4 heteroatoms. The topological polar surface area (TPSA) is 36.9 Å². The van der Waals surface area contributed by atoms with Crippen LogP contribution < -0.4 is 9.47 Å². The molecule has 1 aromatic rings. The molecule has 4 nitrogen and oxygen atoms in total. The molecule has 0 amide bonds. The van der Waals surface area contributed by atoms with E-state index in [0.29, 0.717) is 13.2 Å². The van der Waals surface area contributed by atoms with Crippen LogP contribution in [0.3, 0.4) is 0 Å². The van der Waals surface area contributed by atoms with Crippen molar-refractivity contribution in [1.82, 2.24) is 0 Å². The SMILES string of the molecule is COCCOCOc1ccc(OC)cc1C. The molecule has 0 radical (unpaired) electrons. The number of ether oxygens (including phenoxy) is 4. The molecule has 1 rings (SSSR count). The first-order chi connectivity index (χ1) is 7.77. The Labute approximate surface area is 96.1 Å². The molecule has 0 aliphatic heterocycles. The summed E-state index contributed by atoms with van der Waals surface area (Å²) in [6.07, 6.45) is 0. The molecule has 0 aromatic heterocycles. The summed E-state index contributed by atoms with van der Waals surface area (Å²) in [5.41, 5.74) is 1.02. The summed E-state index contributed by atoms with van der Waals surface area (Å²) in [4.78, 5) is 0. The summed E-state index contributed by atoms with van der Waals surface area (Å²) in [6.45, 7) is 3.31. The van der Waals surface area contributed by atoms with Gasteiger partial charge in [0.2, 0.25) is 0 Å². The summed E-state index contributed by atoms with van der Waals surface area (Å²) < 4.78 is 20.6. The number of aryl methyl sites for hydroxylation is 1. The van der Waals surface area contributed by atoms with E-state index < -0.39 is 0 Å². The van der Waals surface area contributed by atoms with Gasteiger partial charge in [-0.05, 0) is 30.7 Å². The molecule has 16 heavy (non-hydrogen) atoms. The molecular weight excluding hydrogens is 208 g/mol. The maximum Gasteiger partial charge on any atom is 0.189 e. The smallest absolute Gasteiger partial charge is 0.189 e. The van der Waals surface area contributed by atoms with Gasteiger partial charge in [-0.2, -0.15) is 0 Å². The van der Waals surface area contributed by atoms with Crippen molar-refractivity contribution in [1.29, 1.82) is 0 Å². The Morgan fingerprint density at radius 2 is 1.94 bits per heavy atom. The van der Waals surface area contributed by atoms with Crippen LogP contribution in [0.2, 0.25) is 0 Å². The molecule has 0 saturated heterocycles. The Kier molecular flexibility index (Phi) is 5.67. The van der Waals surface area contributed by atoms with Crippen molar-refractivity contribution >= 4 is 0 Å². The maximum absolute atomic E-state index is 5.45. The predicted molar refractivity (Wildman–Crippen MR) is 61.1 cm³/mol. The minimum atomic E-state index is 0.233. The summed E-state index contributed by atoms with van der Waals surface area (Å²) in [6, 6.07) is 5.65. The van der Waals surface area contributed by atoms with Crippen molar-refractivity contribution in [3.63, 3.8) is 0 Å². The minimum absolute atomic E-state index is 0.233. The second-order valence-electron chi connectivity index (χ2n) is 3.29. The number of hydrogen-bond donors (Lipinski definition) is 0. The second-order valence-corrected chi connectivity index (χ2v) is 3.29. The van der Waals surface area contributed by atoms with Crippen LogP contribution in [-0.2, 0) is 9.47 Å². The Morgan fingerprint density at radius 3 is 2.56 bits per heavy atom. The average Bonchev–Trinajstić information content (AvgIpc) is 2.30. The van der Waals surface area contributed by atoms with Crippen molar-refractivity contribution in [2.75, 3.05) is 34.2 Å². The van der Waals surface area contributed by atoms with E-state index in [0.717, 1.165) is 17.1 Å². The number of rotatable bonds is 7. The van der Waals surface area contributed by atoms with Gasteiger partial charge in [0.1, 0.15) is 11.5 Å². The lowest BCUT2D eigenvalue weighted by molar-refractivity contribution is -0.00877. The summed E-state index contributed by atoms with van der Waals surface area (Å²) in [5, 5.41) is 0. The summed E-state index contributed by atoms with van der Waals surface area (Å²) in [5.74, 6) is 1.63. The lowest BCUT2D eigenvalue weighted by atomic mass is 10.2. The van der Waals surface area contributed by atoms with Gasteiger partial charge >= 0.3 is 0 Å². The lowest BCUT2D eigenvalue weighted by Crippen LogP contribution is -2.08. The molecule has 0 aliphatic carbocycles. The van der Waals surface area contributed by atoms with Gasteiger partial charge in [0.15, 0.2) is 6.79 Å². The molecule has 0 unspecified atom stereocenters. The number of hydrogen-bond acceptors (Lipinski definition) is 4. The fraction of sp³-hybridized carbons (Fsp3) is 0.500. The van der Waals surface area contributed by atoms with Crippen LogP contribution in [0.25, 0.3) is 0 Å². The van der Waals surface area contributed by atoms with Crippen LogP contribution in [0.1, 0.15) is 5.56 Å². The van der Waals surface area contributed by atoms with E-state index in [4.69, 9.17) is 18.9 Å². The predicted octanol–water partition coefficient (Wildman–Crippen LogP) is 2.00. The fourth-order valence-electron chi connectivity index (χ4n) is 1.22. The van der Waals surface area contributed by atoms with Gasteiger partial charge in [-0.1, -0.05) is 0 Å². The molecule has 1 aromatic carbocycles. The van der Waals surface area contributed by atoms with E-state index in [9.17, 15) is 0 Å². The normalized spacial score (nSPS) is 10.2. The molecule has 0 atom stereocenters. The van der Waals surface area contributed by atoms with Crippen molar-refractivity contribution in [3.8, 4) is 11.5 Å². The summed E-state index contributed by atoms with van der Waals surface area (Å²) >= 11 is 0. The molecule has 0 aliphatic rings. The number of methoxy groups -OCH3 is 2. The Balaban J connectivity index is 2.36. The quantitative estimate of drug-likeness (QED) is 0.526. The Morgan fingerprint density at radius 1 is 1.12 bits per heavy atom. The van der Waals surface area contributed by atoms with Crippen LogP contribution in [0.5, 0.6) is 11.5 Å². The second kappa shape index (κ2) is 7.09. The molecule has 0 bridgehead atoms. The van der Waals surface area contributed by atoms with Crippen LogP contribution in [0.15, 0.2) is 18.2 Å². The first-order valence-corrected chi connectivity index (χ1v) is 5.12. The van der Waals surface area contributed by atoms with Gasteiger partial charge in [0, 0.05) is 7.11 Å². The highest BCUT2D eigenvalue weighted by molar-refractivity contribution is 5.39. The standard InChI is InChI=1S/C12H18O4/c1-10-8-11(14-3)4-5-12(10)16-9-15-7-6-13-2/h4-5,8H,6-7,9H2,1-3H3. The Hall–Kier alpha value is -1.26. The third-order valence-corrected chi connectivity index (χ3v) is 2.11. The third-order valence-electron chi connectivity index (χ3n) is 2.11. The highest BCUT2D eigenvalue weighted by Gasteiger charge is 2.01. The van der Waals surface area contributed by atoms with Crippen molar-refractivity contribution in [2.45, 2.75) is 6.92 Å². The minimum Gasteiger partial charge on any atom is -0.497 e. The highest BCUT2D eigenvalue weighted by Crippen LogP contribution is 2.22. The van der Waals surface area contributed by atoms with E-state index in [1.807, 2.05) is 25.1 Å². The van der Waals surface area contributed by atoms with Gasteiger partial charge < -0.3 is 18.9 Å². The number of benzene rings is 1. The van der Waals surface area contributed by atoms with Crippen LogP contribution >= 0.6 is 0 Å². The first-order valence-electron chi connectivity index (χ1n) is 5.12. The van der Waals surface area contributed by atoms with Gasteiger partial charge in [-0.25, -0.2) is 0 Å². The molecule has 90 valence electrons. The zero-order valence-corrected chi connectivity index (χ0v) is 9.99. The highest BCUT2D eigenvalue weighted by atomic mass is 16.7. The molecular formula is C12H18O4. The zero-order valence-electron chi connectivity index (χ0n) is 9.99. The van der Waals surface area contributed by atoms with E-state index >= 15 is 0 Å². The summed E-state index contributed by atoms with van der Waals surface area (Å²) in [7, 11) is 3.28. The zero-order chi connectivity index (χ0) is 11.8. The van der Waals surface area contributed by atoms with E-state index in [1.165, 1.54) is 0 Å². The maximum atomic E-state index is 5.45. The monoisotopic (exact) mass is 226 g/mol. The van der Waals surface area contributed by atoms with E-state index in [2.05, 4.69) is 0 Å². The molecule has 0 fully saturated rings. The third kappa shape index (κ3) is 4.08. The van der Waals surface area contributed by atoms with Crippen LogP contribution in [0, 0.1) is 6.92 Å². The van der Waals surface area contributed by atoms with E-state index in [1.54, 1.807) is 14.2 Å². The molecule has 0 N–H and O–H groups in total. The van der Waals surface area contributed by atoms with E-state index in [-0.39, 0.29) is 6.79 Å². The van der Waals surface area contributed by atoms with Crippen LogP contribution in [-0.4, -0.2) is 34.2 Å². The first kappa shape index (κ1) is 12.8. The molecule has 0 saturated carbocycles. The van der Waals surface area contributed by atoms with Crippen molar-refractivity contribution in [3.05, 3.63) is 23.8 Å². The van der Waals surface area contributed by atoms with Crippen molar-refractivity contribution < 1.29 is 18.9 Å². The lowest BCUT2D eigenvalue weighted by Gasteiger charge is -2.10. The van der Waals surface area contributed by atoms with Gasteiger partial charge in [0.05, 0.1) is 20.3 Å². The largest absolute Gasteiger partial charge is 0.497 e. The van der Waals surface area contributed by atoms with Gasteiger partial charge in [-0.3, -0.25) is 0 Å².